The van der Waals surface area contributed by atoms with Crippen molar-refractivity contribution in [3.05, 3.63) is 0 Å². The van der Waals surface area contributed by atoms with Crippen LogP contribution in [0.25, 0.3) is 0 Å². The van der Waals surface area contributed by atoms with Crippen molar-refractivity contribution < 1.29 is 19.4 Å². The molecular formula is C11H20N2O4. The summed E-state index contributed by atoms with van der Waals surface area (Å²) >= 11 is 0. The number of aliphatic carboxylic acids is 1. The molecule has 1 heterocycles. The average molecular weight is 244 g/mol. The molecule has 1 saturated heterocycles. The van der Waals surface area contributed by atoms with Crippen LogP contribution in [0.5, 0.6) is 0 Å². The fourth-order valence-electron chi connectivity index (χ4n) is 1.84. The van der Waals surface area contributed by atoms with Crippen LogP contribution in [0.1, 0.15) is 13.8 Å². The summed E-state index contributed by atoms with van der Waals surface area (Å²) in [4.78, 5) is 24.4. The Morgan fingerprint density at radius 3 is 2.47 bits per heavy atom. The number of nitrogens with two attached hydrogens (primary N) is 1. The van der Waals surface area contributed by atoms with Gasteiger partial charge in [-0.3, -0.25) is 9.59 Å². The van der Waals surface area contributed by atoms with Crippen LogP contribution in [-0.2, 0) is 14.3 Å². The number of carbonyl (C=O) groups excluding carboxylic acids is 1. The van der Waals surface area contributed by atoms with E-state index in [9.17, 15) is 9.59 Å². The summed E-state index contributed by atoms with van der Waals surface area (Å²) in [7, 11) is 1.58. The molecule has 0 aromatic heterocycles. The highest BCUT2D eigenvalue weighted by Gasteiger charge is 2.39. The predicted molar refractivity (Wildman–Crippen MR) is 61.3 cm³/mol. The predicted octanol–water partition coefficient (Wildman–Crippen LogP) is -0.472. The Bertz CT molecular complexity index is 306. The number of carbonyl (C=O) groups is 2. The molecule has 0 bridgehead atoms. The van der Waals surface area contributed by atoms with Gasteiger partial charge in [-0.25, -0.2) is 0 Å². The van der Waals surface area contributed by atoms with Crippen LogP contribution >= 0.6 is 0 Å². The SMILES string of the molecule is CC(C)[C@@H](N)C(=O)N(C)C1COCC1C(=O)O. The lowest BCUT2D eigenvalue weighted by atomic mass is 9.99. The van der Waals surface area contributed by atoms with Gasteiger partial charge in [-0.05, 0) is 5.92 Å². The van der Waals surface area contributed by atoms with Gasteiger partial charge in [-0.1, -0.05) is 13.8 Å². The molecule has 98 valence electrons. The van der Waals surface area contributed by atoms with Crippen LogP contribution in [0.4, 0.5) is 0 Å². The molecule has 0 aliphatic carbocycles. The van der Waals surface area contributed by atoms with E-state index in [4.69, 9.17) is 15.6 Å². The Morgan fingerprint density at radius 2 is 2.00 bits per heavy atom. The van der Waals surface area contributed by atoms with Gasteiger partial charge in [0.05, 0.1) is 25.3 Å². The first-order valence-corrected chi connectivity index (χ1v) is 5.69. The van der Waals surface area contributed by atoms with Crippen molar-refractivity contribution >= 4 is 11.9 Å². The monoisotopic (exact) mass is 244 g/mol. The molecule has 6 nitrogen and oxygen atoms in total. The summed E-state index contributed by atoms with van der Waals surface area (Å²) in [6.45, 7) is 4.12. The van der Waals surface area contributed by atoms with Crippen molar-refractivity contribution in [2.75, 3.05) is 20.3 Å². The van der Waals surface area contributed by atoms with Gasteiger partial charge in [0, 0.05) is 7.05 Å². The quantitative estimate of drug-likeness (QED) is 0.697. The molecule has 1 aliphatic rings. The molecule has 17 heavy (non-hydrogen) atoms. The second-order valence-corrected chi connectivity index (χ2v) is 4.77. The third kappa shape index (κ3) is 2.95. The number of carboxylic acid groups (broad SMARTS) is 1. The maximum Gasteiger partial charge on any atom is 0.311 e. The van der Waals surface area contributed by atoms with Crippen molar-refractivity contribution in [1.82, 2.24) is 4.90 Å². The molecule has 0 aromatic carbocycles. The van der Waals surface area contributed by atoms with Crippen LogP contribution in [-0.4, -0.2) is 54.2 Å². The first kappa shape index (κ1) is 13.9. The van der Waals surface area contributed by atoms with Crippen molar-refractivity contribution in [3.8, 4) is 0 Å². The third-order valence-electron chi connectivity index (χ3n) is 3.22. The lowest BCUT2D eigenvalue weighted by Crippen LogP contribution is -2.51. The van der Waals surface area contributed by atoms with E-state index in [1.54, 1.807) is 7.05 Å². The average Bonchev–Trinajstić information content (AvgIpc) is 2.74. The van der Waals surface area contributed by atoms with Crippen molar-refractivity contribution in [1.29, 1.82) is 0 Å². The first-order valence-electron chi connectivity index (χ1n) is 5.69. The summed E-state index contributed by atoms with van der Waals surface area (Å²) < 4.78 is 5.13. The van der Waals surface area contributed by atoms with Gasteiger partial charge in [0.2, 0.25) is 5.91 Å². The van der Waals surface area contributed by atoms with Gasteiger partial charge in [-0.15, -0.1) is 0 Å². The molecule has 0 saturated carbocycles. The second-order valence-electron chi connectivity index (χ2n) is 4.77. The van der Waals surface area contributed by atoms with Gasteiger partial charge in [-0.2, -0.15) is 0 Å². The Hall–Kier alpha value is -1.14. The van der Waals surface area contributed by atoms with Gasteiger partial charge in [0.25, 0.3) is 0 Å². The van der Waals surface area contributed by atoms with Crippen LogP contribution in [0.2, 0.25) is 0 Å². The van der Waals surface area contributed by atoms with Gasteiger partial charge < -0.3 is 20.5 Å². The van der Waals surface area contributed by atoms with E-state index in [0.717, 1.165) is 0 Å². The van der Waals surface area contributed by atoms with Gasteiger partial charge in [0.15, 0.2) is 0 Å². The standard InChI is InChI=1S/C11H20N2O4/c1-6(2)9(12)10(14)13(3)8-5-17-4-7(8)11(15)16/h6-9H,4-5,12H2,1-3H3,(H,15,16)/t7?,8?,9-/m1/s1. The molecule has 3 atom stereocenters. The molecule has 0 radical (unpaired) electrons. The summed E-state index contributed by atoms with van der Waals surface area (Å²) in [6.07, 6.45) is 0. The summed E-state index contributed by atoms with van der Waals surface area (Å²) in [6, 6.07) is -1.03. The zero-order valence-corrected chi connectivity index (χ0v) is 10.4. The smallest absolute Gasteiger partial charge is 0.311 e. The number of rotatable bonds is 4. The topological polar surface area (TPSA) is 92.9 Å². The fraction of sp³-hybridized carbons (Fsp3) is 0.818. The first-order chi connectivity index (χ1) is 7.86. The molecule has 3 N–H and O–H groups in total. The molecule has 6 heteroatoms. The van der Waals surface area contributed by atoms with E-state index in [1.165, 1.54) is 4.90 Å². The number of hydrogen-bond acceptors (Lipinski definition) is 4. The largest absolute Gasteiger partial charge is 0.481 e. The molecule has 1 rings (SSSR count). The summed E-state index contributed by atoms with van der Waals surface area (Å²) in [5.74, 6) is -1.81. The Balaban J connectivity index is 2.72. The minimum absolute atomic E-state index is 0.0237. The second kappa shape index (κ2) is 5.46. The Kier molecular flexibility index (Phi) is 4.47. The summed E-state index contributed by atoms with van der Waals surface area (Å²) in [5.41, 5.74) is 5.77. The number of ether oxygens (including phenoxy) is 1. The van der Waals surface area contributed by atoms with Crippen LogP contribution in [0.3, 0.4) is 0 Å². The van der Waals surface area contributed by atoms with E-state index in [1.807, 2.05) is 13.8 Å². The molecule has 0 spiro atoms. The maximum absolute atomic E-state index is 12.0. The van der Waals surface area contributed by atoms with E-state index >= 15 is 0 Å². The number of carboxylic acids is 1. The van der Waals surface area contributed by atoms with Crippen molar-refractivity contribution in [2.24, 2.45) is 17.6 Å². The van der Waals surface area contributed by atoms with Crippen molar-refractivity contribution in [2.45, 2.75) is 25.9 Å². The number of likely N-dealkylation sites (N-methyl/N-ethyl adjacent to an activating group) is 1. The minimum Gasteiger partial charge on any atom is -0.481 e. The van der Waals surface area contributed by atoms with Gasteiger partial charge >= 0.3 is 5.97 Å². The Labute approximate surface area is 101 Å². The third-order valence-corrected chi connectivity index (χ3v) is 3.22. The maximum atomic E-state index is 12.0. The Morgan fingerprint density at radius 1 is 1.41 bits per heavy atom. The summed E-state index contributed by atoms with van der Waals surface area (Å²) in [5, 5.41) is 9.01. The lowest BCUT2D eigenvalue weighted by molar-refractivity contribution is -0.145. The van der Waals surface area contributed by atoms with E-state index in [2.05, 4.69) is 0 Å². The minimum atomic E-state index is -0.940. The molecule has 1 fully saturated rings. The highest BCUT2D eigenvalue weighted by molar-refractivity contribution is 5.83. The number of amides is 1. The van der Waals surface area contributed by atoms with Crippen LogP contribution in [0.15, 0.2) is 0 Å². The van der Waals surface area contributed by atoms with Crippen LogP contribution in [0, 0.1) is 11.8 Å². The van der Waals surface area contributed by atoms with Crippen LogP contribution < -0.4 is 5.73 Å². The number of nitrogens with zero attached hydrogens (tertiary/aromatic N) is 1. The van der Waals surface area contributed by atoms with E-state index in [0.29, 0.717) is 0 Å². The normalized spacial score (nSPS) is 25.9. The fourth-order valence-corrected chi connectivity index (χ4v) is 1.84. The zero-order chi connectivity index (χ0) is 13.2. The highest BCUT2D eigenvalue weighted by atomic mass is 16.5. The lowest BCUT2D eigenvalue weighted by Gasteiger charge is -2.29. The number of hydrogen-bond donors (Lipinski definition) is 2. The molecular weight excluding hydrogens is 224 g/mol. The molecule has 1 amide bonds. The molecule has 1 aliphatic heterocycles. The zero-order valence-electron chi connectivity index (χ0n) is 10.4. The van der Waals surface area contributed by atoms with E-state index in [-0.39, 0.29) is 25.0 Å². The van der Waals surface area contributed by atoms with E-state index < -0.39 is 24.0 Å². The van der Waals surface area contributed by atoms with Gasteiger partial charge in [0.1, 0.15) is 5.92 Å². The van der Waals surface area contributed by atoms with Crippen molar-refractivity contribution in [3.63, 3.8) is 0 Å². The highest BCUT2D eigenvalue weighted by Crippen LogP contribution is 2.20. The molecule has 0 aromatic rings. The molecule has 2 unspecified atom stereocenters.